The average molecular weight is 270 g/mol. The van der Waals surface area contributed by atoms with E-state index in [0.29, 0.717) is 0 Å². The van der Waals surface area contributed by atoms with Gasteiger partial charge in [-0.3, -0.25) is 0 Å². The standard InChI is InChI=1S/C15H18N4O/c1-9-8-14(17-12(4)13-6-5-7-20-13)19-15(16-9)10(2)11(3)18-19/h5-8,12,17H,1-4H3/t12-/m0/s1. The Labute approximate surface area is 117 Å². The lowest BCUT2D eigenvalue weighted by molar-refractivity contribution is 0.489. The van der Waals surface area contributed by atoms with Gasteiger partial charge in [-0.05, 0) is 39.8 Å². The number of anilines is 1. The van der Waals surface area contributed by atoms with Crippen molar-refractivity contribution in [2.24, 2.45) is 0 Å². The quantitative estimate of drug-likeness (QED) is 0.792. The van der Waals surface area contributed by atoms with Crippen LogP contribution in [-0.2, 0) is 0 Å². The number of nitrogens with one attached hydrogen (secondary N) is 1. The Hall–Kier alpha value is -2.30. The first-order valence-electron chi connectivity index (χ1n) is 6.70. The van der Waals surface area contributed by atoms with Gasteiger partial charge in [-0.25, -0.2) is 4.98 Å². The lowest BCUT2D eigenvalue weighted by atomic mass is 10.2. The fourth-order valence-corrected chi connectivity index (χ4v) is 2.28. The van der Waals surface area contributed by atoms with E-state index in [9.17, 15) is 0 Å². The van der Waals surface area contributed by atoms with Gasteiger partial charge in [0.2, 0.25) is 0 Å². The number of aryl methyl sites for hydroxylation is 3. The minimum absolute atomic E-state index is 0.0693. The number of aromatic nitrogens is 3. The summed E-state index contributed by atoms with van der Waals surface area (Å²) in [5, 5.41) is 7.98. The molecule has 1 N–H and O–H groups in total. The highest BCUT2D eigenvalue weighted by atomic mass is 16.3. The van der Waals surface area contributed by atoms with E-state index in [4.69, 9.17) is 4.42 Å². The Bertz CT molecular complexity index is 743. The summed E-state index contributed by atoms with van der Waals surface area (Å²) in [5.41, 5.74) is 3.98. The molecule has 5 heteroatoms. The van der Waals surface area contributed by atoms with Crippen molar-refractivity contribution in [2.45, 2.75) is 33.7 Å². The maximum atomic E-state index is 5.43. The SMILES string of the molecule is Cc1cc(N[C@@H](C)c2ccco2)n2nc(C)c(C)c2n1. The molecule has 104 valence electrons. The molecule has 0 bridgehead atoms. The van der Waals surface area contributed by atoms with Gasteiger partial charge in [0.15, 0.2) is 5.65 Å². The number of nitrogens with zero attached hydrogens (tertiary/aromatic N) is 3. The molecule has 0 aromatic carbocycles. The molecule has 20 heavy (non-hydrogen) atoms. The van der Waals surface area contributed by atoms with Crippen LogP contribution in [0.4, 0.5) is 5.82 Å². The van der Waals surface area contributed by atoms with Gasteiger partial charge in [0.25, 0.3) is 0 Å². The van der Waals surface area contributed by atoms with Crippen molar-refractivity contribution >= 4 is 11.5 Å². The lowest BCUT2D eigenvalue weighted by Crippen LogP contribution is -2.10. The van der Waals surface area contributed by atoms with Gasteiger partial charge < -0.3 is 9.73 Å². The Morgan fingerprint density at radius 2 is 2.10 bits per heavy atom. The largest absolute Gasteiger partial charge is 0.467 e. The molecule has 0 amide bonds. The van der Waals surface area contributed by atoms with Gasteiger partial charge in [0, 0.05) is 17.3 Å². The fourth-order valence-electron chi connectivity index (χ4n) is 2.28. The third-order valence-corrected chi connectivity index (χ3v) is 3.52. The summed E-state index contributed by atoms with van der Waals surface area (Å²) in [6, 6.07) is 5.92. The van der Waals surface area contributed by atoms with Crippen LogP contribution in [0.3, 0.4) is 0 Å². The molecule has 0 fully saturated rings. The molecule has 3 heterocycles. The van der Waals surface area contributed by atoms with Crippen LogP contribution in [0.2, 0.25) is 0 Å². The third kappa shape index (κ3) is 2.05. The van der Waals surface area contributed by atoms with E-state index in [1.165, 1.54) is 0 Å². The second-order valence-electron chi connectivity index (χ2n) is 5.11. The van der Waals surface area contributed by atoms with Gasteiger partial charge in [0.05, 0.1) is 18.0 Å². The molecular weight excluding hydrogens is 252 g/mol. The van der Waals surface area contributed by atoms with Crippen molar-refractivity contribution in [3.05, 3.63) is 47.2 Å². The zero-order chi connectivity index (χ0) is 14.3. The summed E-state index contributed by atoms with van der Waals surface area (Å²) in [6.07, 6.45) is 1.68. The van der Waals surface area contributed by atoms with Crippen LogP contribution in [0.15, 0.2) is 28.9 Å². The van der Waals surface area contributed by atoms with Crippen LogP contribution in [-0.4, -0.2) is 14.6 Å². The normalized spacial score (nSPS) is 12.8. The first-order chi connectivity index (χ1) is 9.56. The van der Waals surface area contributed by atoms with E-state index in [1.54, 1.807) is 6.26 Å². The highest BCUT2D eigenvalue weighted by Crippen LogP contribution is 2.22. The molecule has 0 saturated carbocycles. The van der Waals surface area contributed by atoms with E-state index in [1.807, 2.05) is 43.5 Å². The van der Waals surface area contributed by atoms with Crippen LogP contribution in [0.5, 0.6) is 0 Å². The summed E-state index contributed by atoms with van der Waals surface area (Å²) < 4.78 is 7.29. The van der Waals surface area contributed by atoms with Gasteiger partial charge in [0.1, 0.15) is 11.6 Å². The van der Waals surface area contributed by atoms with Crippen LogP contribution in [0, 0.1) is 20.8 Å². The summed E-state index contributed by atoms with van der Waals surface area (Å²) in [7, 11) is 0. The predicted octanol–water partition coefficient (Wildman–Crippen LogP) is 3.42. The van der Waals surface area contributed by atoms with Crippen molar-refractivity contribution in [1.82, 2.24) is 14.6 Å². The Morgan fingerprint density at radius 3 is 2.80 bits per heavy atom. The molecular formula is C15H18N4O. The molecule has 5 nitrogen and oxygen atoms in total. The number of fused-ring (bicyclic) bond motifs is 1. The number of rotatable bonds is 3. The van der Waals surface area contributed by atoms with Gasteiger partial charge >= 0.3 is 0 Å². The fraction of sp³-hybridized carbons (Fsp3) is 0.333. The van der Waals surface area contributed by atoms with E-state index in [2.05, 4.69) is 22.3 Å². The molecule has 0 spiro atoms. The molecule has 0 radical (unpaired) electrons. The van der Waals surface area contributed by atoms with Crippen LogP contribution >= 0.6 is 0 Å². The smallest absolute Gasteiger partial charge is 0.160 e. The van der Waals surface area contributed by atoms with Crippen molar-refractivity contribution in [2.75, 3.05) is 5.32 Å². The molecule has 3 aromatic heterocycles. The van der Waals surface area contributed by atoms with Crippen LogP contribution in [0.25, 0.3) is 5.65 Å². The van der Waals surface area contributed by atoms with Crippen molar-refractivity contribution in [3.8, 4) is 0 Å². The third-order valence-electron chi connectivity index (χ3n) is 3.52. The number of hydrogen-bond donors (Lipinski definition) is 1. The second kappa shape index (κ2) is 4.67. The average Bonchev–Trinajstić information content (AvgIpc) is 3.02. The van der Waals surface area contributed by atoms with Crippen molar-refractivity contribution < 1.29 is 4.42 Å². The molecule has 0 saturated heterocycles. The zero-order valence-corrected chi connectivity index (χ0v) is 12.1. The molecule has 3 rings (SSSR count). The lowest BCUT2D eigenvalue weighted by Gasteiger charge is -2.14. The minimum Gasteiger partial charge on any atom is -0.467 e. The number of furan rings is 1. The Kier molecular flexibility index (Phi) is 2.97. The summed E-state index contributed by atoms with van der Waals surface area (Å²) >= 11 is 0. The van der Waals surface area contributed by atoms with E-state index in [0.717, 1.165) is 34.2 Å². The Balaban J connectivity index is 2.05. The second-order valence-corrected chi connectivity index (χ2v) is 5.11. The molecule has 0 aliphatic rings. The van der Waals surface area contributed by atoms with E-state index in [-0.39, 0.29) is 6.04 Å². The predicted molar refractivity (Wildman–Crippen MR) is 77.9 cm³/mol. The first-order valence-corrected chi connectivity index (χ1v) is 6.70. The minimum atomic E-state index is 0.0693. The molecule has 1 atom stereocenters. The van der Waals surface area contributed by atoms with Crippen LogP contribution < -0.4 is 5.32 Å². The molecule has 3 aromatic rings. The van der Waals surface area contributed by atoms with E-state index >= 15 is 0 Å². The topological polar surface area (TPSA) is 55.4 Å². The summed E-state index contributed by atoms with van der Waals surface area (Å²) in [6.45, 7) is 8.09. The summed E-state index contributed by atoms with van der Waals surface area (Å²) in [5.74, 6) is 1.82. The Morgan fingerprint density at radius 1 is 1.30 bits per heavy atom. The summed E-state index contributed by atoms with van der Waals surface area (Å²) in [4.78, 5) is 4.56. The van der Waals surface area contributed by atoms with Crippen LogP contribution in [0.1, 0.15) is 35.7 Å². The molecule has 0 unspecified atom stereocenters. The monoisotopic (exact) mass is 270 g/mol. The van der Waals surface area contributed by atoms with E-state index < -0.39 is 0 Å². The maximum absolute atomic E-state index is 5.43. The zero-order valence-electron chi connectivity index (χ0n) is 12.1. The highest BCUT2D eigenvalue weighted by Gasteiger charge is 2.14. The van der Waals surface area contributed by atoms with Crippen molar-refractivity contribution in [3.63, 3.8) is 0 Å². The van der Waals surface area contributed by atoms with Gasteiger partial charge in [-0.2, -0.15) is 9.61 Å². The molecule has 0 aliphatic heterocycles. The first kappa shape index (κ1) is 12.7. The maximum Gasteiger partial charge on any atom is 0.160 e. The van der Waals surface area contributed by atoms with Gasteiger partial charge in [-0.15, -0.1) is 0 Å². The van der Waals surface area contributed by atoms with Crippen molar-refractivity contribution in [1.29, 1.82) is 0 Å². The highest BCUT2D eigenvalue weighted by molar-refractivity contribution is 5.56. The molecule has 0 aliphatic carbocycles. The van der Waals surface area contributed by atoms with Gasteiger partial charge in [-0.1, -0.05) is 0 Å². The number of hydrogen-bond acceptors (Lipinski definition) is 4.